The van der Waals surface area contributed by atoms with Gasteiger partial charge in [-0.05, 0) is 24.5 Å². The van der Waals surface area contributed by atoms with E-state index in [1.807, 2.05) is 12.3 Å². The number of aromatic amines is 1. The van der Waals surface area contributed by atoms with Gasteiger partial charge in [-0.1, -0.05) is 122 Å². The fraction of sp³-hybridized carbons (Fsp3) is 0.815. The van der Waals surface area contributed by atoms with Crippen LogP contribution in [0.25, 0.3) is 0 Å². The van der Waals surface area contributed by atoms with Crippen LogP contribution in [-0.2, 0) is 11.2 Å². The van der Waals surface area contributed by atoms with Crippen LogP contribution < -0.4 is 0 Å². The molecule has 0 saturated carbocycles. The number of unbranched alkanes of at least 4 members (excludes halogenated alkanes) is 18. The highest BCUT2D eigenvalue weighted by Gasteiger charge is 2.12. The molecule has 0 spiro atoms. The van der Waals surface area contributed by atoms with E-state index in [9.17, 15) is 4.79 Å². The monoisotopic (exact) mass is 419 g/mol. The lowest BCUT2D eigenvalue weighted by Crippen LogP contribution is -2.05. The van der Waals surface area contributed by atoms with Crippen molar-refractivity contribution in [2.45, 2.75) is 135 Å². The number of methoxy groups -OCH3 is 1. The lowest BCUT2D eigenvalue weighted by atomic mass is 10.0. The third-order valence-corrected chi connectivity index (χ3v) is 6.27. The van der Waals surface area contributed by atoms with Crippen LogP contribution in [0.2, 0.25) is 0 Å². The van der Waals surface area contributed by atoms with E-state index in [0.717, 1.165) is 18.4 Å². The maximum absolute atomic E-state index is 11.6. The Labute approximate surface area is 186 Å². The fourth-order valence-electron chi connectivity index (χ4n) is 4.30. The van der Waals surface area contributed by atoms with Crippen molar-refractivity contribution >= 4 is 5.97 Å². The summed E-state index contributed by atoms with van der Waals surface area (Å²) in [5, 5.41) is 0. The van der Waals surface area contributed by atoms with Crippen molar-refractivity contribution in [2.24, 2.45) is 0 Å². The number of esters is 1. The van der Waals surface area contributed by atoms with Gasteiger partial charge in [0.2, 0.25) is 0 Å². The van der Waals surface area contributed by atoms with Crippen molar-refractivity contribution in [2.75, 3.05) is 7.11 Å². The number of aromatic nitrogens is 1. The summed E-state index contributed by atoms with van der Waals surface area (Å²) in [4.78, 5) is 14.6. The minimum atomic E-state index is -0.257. The summed E-state index contributed by atoms with van der Waals surface area (Å²) in [5.41, 5.74) is 1.72. The van der Waals surface area contributed by atoms with E-state index in [0.29, 0.717) is 5.69 Å². The molecule has 0 unspecified atom stereocenters. The van der Waals surface area contributed by atoms with E-state index in [4.69, 9.17) is 4.74 Å². The Bertz CT molecular complexity index is 509. The number of nitrogens with one attached hydrogen (secondary N) is 1. The molecule has 3 nitrogen and oxygen atoms in total. The van der Waals surface area contributed by atoms with Crippen LogP contribution >= 0.6 is 0 Å². The molecule has 0 atom stereocenters. The van der Waals surface area contributed by atoms with Crippen molar-refractivity contribution in [3.63, 3.8) is 0 Å². The van der Waals surface area contributed by atoms with Crippen molar-refractivity contribution in [1.29, 1.82) is 0 Å². The van der Waals surface area contributed by atoms with E-state index in [1.165, 1.54) is 123 Å². The first-order chi connectivity index (χ1) is 14.8. The molecule has 174 valence electrons. The zero-order chi connectivity index (χ0) is 21.7. The predicted molar refractivity (Wildman–Crippen MR) is 129 cm³/mol. The first-order valence-corrected chi connectivity index (χ1v) is 13.0. The number of carbonyl (C=O) groups is 1. The topological polar surface area (TPSA) is 42.1 Å². The highest BCUT2D eigenvalue weighted by atomic mass is 16.5. The Balaban J connectivity index is 1.78. The maximum atomic E-state index is 11.6. The molecule has 0 amide bonds. The van der Waals surface area contributed by atoms with Crippen LogP contribution in [0.1, 0.15) is 145 Å². The zero-order valence-electron chi connectivity index (χ0n) is 20.1. The highest BCUT2D eigenvalue weighted by Crippen LogP contribution is 2.16. The second kappa shape index (κ2) is 19.7. The number of hydrogen-bond acceptors (Lipinski definition) is 2. The summed E-state index contributed by atoms with van der Waals surface area (Å²) >= 11 is 0. The van der Waals surface area contributed by atoms with Gasteiger partial charge in [-0.25, -0.2) is 4.79 Å². The van der Waals surface area contributed by atoms with Crippen LogP contribution in [0, 0.1) is 0 Å². The van der Waals surface area contributed by atoms with Gasteiger partial charge in [-0.2, -0.15) is 0 Å². The lowest BCUT2D eigenvalue weighted by molar-refractivity contribution is 0.0593. The zero-order valence-corrected chi connectivity index (χ0v) is 20.1. The quantitative estimate of drug-likeness (QED) is 0.160. The average molecular weight is 420 g/mol. The van der Waals surface area contributed by atoms with E-state index < -0.39 is 0 Å². The number of H-pyrrole nitrogens is 1. The normalized spacial score (nSPS) is 11.1. The Morgan fingerprint density at radius 1 is 0.700 bits per heavy atom. The van der Waals surface area contributed by atoms with Gasteiger partial charge in [0, 0.05) is 6.20 Å². The second-order valence-electron chi connectivity index (χ2n) is 8.98. The van der Waals surface area contributed by atoms with Crippen LogP contribution in [0.4, 0.5) is 0 Å². The minimum absolute atomic E-state index is 0.257. The van der Waals surface area contributed by atoms with Crippen molar-refractivity contribution in [3.8, 4) is 0 Å². The van der Waals surface area contributed by atoms with Crippen molar-refractivity contribution in [1.82, 2.24) is 4.98 Å². The molecule has 3 heteroatoms. The van der Waals surface area contributed by atoms with E-state index >= 15 is 0 Å². The predicted octanol–water partition coefficient (Wildman–Crippen LogP) is 8.78. The van der Waals surface area contributed by atoms with Crippen LogP contribution in [-0.4, -0.2) is 18.1 Å². The minimum Gasteiger partial charge on any atom is -0.464 e. The Morgan fingerprint density at radius 3 is 1.50 bits per heavy atom. The standard InChI is InChI=1S/C27H49NO2/c1-3-4-5-6-7-8-9-10-11-12-13-14-15-16-17-18-19-20-21-22-25-23-24-28-26(25)27(29)30-2/h23-24,28H,3-22H2,1-2H3. The molecule has 0 radical (unpaired) electrons. The summed E-state index contributed by atoms with van der Waals surface area (Å²) in [7, 11) is 1.43. The summed E-state index contributed by atoms with van der Waals surface area (Å²) < 4.78 is 4.81. The maximum Gasteiger partial charge on any atom is 0.354 e. The number of aryl methyl sites for hydroxylation is 1. The molecule has 0 aromatic carbocycles. The van der Waals surface area contributed by atoms with Gasteiger partial charge in [-0.15, -0.1) is 0 Å². The van der Waals surface area contributed by atoms with Crippen LogP contribution in [0.5, 0.6) is 0 Å². The fourth-order valence-corrected chi connectivity index (χ4v) is 4.30. The van der Waals surface area contributed by atoms with Gasteiger partial charge in [0.15, 0.2) is 0 Å². The van der Waals surface area contributed by atoms with Crippen LogP contribution in [0.15, 0.2) is 12.3 Å². The first-order valence-electron chi connectivity index (χ1n) is 13.0. The summed E-state index contributed by atoms with van der Waals surface area (Å²) in [6.07, 6.45) is 29.4. The van der Waals surface area contributed by atoms with Gasteiger partial charge < -0.3 is 9.72 Å². The molecule has 0 aliphatic heterocycles. The Kier molecular flexibility index (Phi) is 17.6. The molecule has 0 aliphatic carbocycles. The molecule has 1 aromatic rings. The molecular formula is C27H49NO2. The molecule has 1 N–H and O–H groups in total. The molecule has 30 heavy (non-hydrogen) atoms. The molecule has 0 saturated heterocycles. The third-order valence-electron chi connectivity index (χ3n) is 6.27. The van der Waals surface area contributed by atoms with Gasteiger partial charge in [0.1, 0.15) is 5.69 Å². The van der Waals surface area contributed by atoms with Crippen molar-refractivity contribution < 1.29 is 9.53 Å². The van der Waals surface area contributed by atoms with E-state index in [-0.39, 0.29) is 5.97 Å². The summed E-state index contributed by atoms with van der Waals surface area (Å²) in [6.45, 7) is 2.29. The smallest absolute Gasteiger partial charge is 0.354 e. The third kappa shape index (κ3) is 13.9. The van der Waals surface area contributed by atoms with Gasteiger partial charge in [-0.3, -0.25) is 0 Å². The van der Waals surface area contributed by atoms with Gasteiger partial charge >= 0.3 is 5.97 Å². The number of carbonyl (C=O) groups excluding carboxylic acids is 1. The highest BCUT2D eigenvalue weighted by molar-refractivity contribution is 5.88. The van der Waals surface area contributed by atoms with Crippen LogP contribution in [0.3, 0.4) is 0 Å². The molecule has 0 bridgehead atoms. The number of ether oxygens (including phenoxy) is 1. The summed E-state index contributed by atoms with van der Waals surface area (Å²) in [5.74, 6) is -0.257. The molecular weight excluding hydrogens is 370 g/mol. The number of hydrogen-bond donors (Lipinski definition) is 1. The molecule has 1 rings (SSSR count). The average Bonchev–Trinajstić information content (AvgIpc) is 3.23. The lowest BCUT2D eigenvalue weighted by Gasteiger charge is -2.04. The van der Waals surface area contributed by atoms with E-state index in [1.54, 1.807) is 0 Å². The molecule has 0 fully saturated rings. The molecule has 0 aliphatic rings. The number of rotatable bonds is 21. The van der Waals surface area contributed by atoms with Crippen molar-refractivity contribution in [3.05, 3.63) is 23.5 Å². The Morgan fingerprint density at radius 2 is 1.10 bits per heavy atom. The SMILES string of the molecule is CCCCCCCCCCCCCCCCCCCCCc1cc[nH]c1C(=O)OC. The van der Waals surface area contributed by atoms with Gasteiger partial charge in [0.05, 0.1) is 7.11 Å². The first kappa shape index (κ1) is 26.8. The van der Waals surface area contributed by atoms with E-state index in [2.05, 4.69) is 11.9 Å². The van der Waals surface area contributed by atoms with Gasteiger partial charge in [0.25, 0.3) is 0 Å². The molecule has 1 aromatic heterocycles. The second-order valence-corrected chi connectivity index (χ2v) is 8.98. The Hall–Kier alpha value is -1.25. The molecule has 1 heterocycles. The summed E-state index contributed by atoms with van der Waals surface area (Å²) in [6, 6.07) is 2.00. The largest absolute Gasteiger partial charge is 0.464 e.